The first-order valence-electron chi connectivity index (χ1n) is 10.5. The van der Waals surface area contributed by atoms with Crippen LogP contribution in [0.4, 0.5) is 5.69 Å². The average Bonchev–Trinajstić information content (AvgIpc) is 2.94. The van der Waals surface area contributed by atoms with Gasteiger partial charge < -0.3 is 29.7 Å². The number of β-amino-alcohol motifs (C(OH)–C–C–N with tert-alkyl or cyclic N) is 1. The summed E-state index contributed by atoms with van der Waals surface area (Å²) < 4.78 is 17.1. The second-order valence-electron chi connectivity index (χ2n) is 7.89. The lowest BCUT2D eigenvalue weighted by molar-refractivity contribution is -0.136. The summed E-state index contributed by atoms with van der Waals surface area (Å²) in [6.45, 7) is 2.00. The Kier molecular flexibility index (Phi) is 6.77. The Balaban J connectivity index is 1.28. The van der Waals surface area contributed by atoms with Crippen LogP contribution in [-0.2, 0) is 16.0 Å². The van der Waals surface area contributed by atoms with Crippen molar-refractivity contribution in [3.05, 3.63) is 48.0 Å². The maximum absolute atomic E-state index is 12.5. The Labute approximate surface area is 185 Å². The number of carboxylic acids is 1. The molecule has 9 nitrogen and oxygen atoms in total. The highest BCUT2D eigenvalue weighted by atomic mass is 16.5. The van der Waals surface area contributed by atoms with Crippen molar-refractivity contribution in [1.29, 1.82) is 0 Å². The molecule has 0 radical (unpaired) electrons. The van der Waals surface area contributed by atoms with E-state index in [-0.39, 0.29) is 18.9 Å². The van der Waals surface area contributed by atoms with Crippen LogP contribution in [0, 0.1) is 0 Å². The van der Waals surface area contributed by atoms with Crippen molar-refractivity contribution in [2.24, 2.45) is 0 Å². The fraction of sp³-hybridized carbons (Fsp3) is 0.391. The molecule has 0 spiro atoms. The van der Waals surface area contributed by atoms with Crippen LogP contribution in [0.5, 0.6) is 17.2 Å². The number of rotatable bonds is 7. The summed E-state index contributed by atoms with van der Waals surface area (Å²) in [6, 6.07) is 12.0. The highest BCUT2D eigenvalue weighted by Crippen LogP contribution is 2.32. The van der Waals surface area contributed by atoms with E-state index in [9.17, 15) is 14.7 Å². The largest absolute Gasteiger partial charge is 0.490 e. The minimum absolute atomic E-state index is 0.0570. The van der Waals surface area contributed by atoms with E-state index >= 15 is 0 Å². The molecule has 2 aromatic rings. The summed E-state index contributed by atoms with van der Waals surface area (Å²) in [7, 11) is 0. The Morgan fingerprint density at radius 2 is 1.81 bits per heavy atom. The van der Waals surface area contributed by atoms with Gasteiger partial charge in [0.15, 0.2) is 11.5 Å². The third-order valence-electron chi connectivity index (χ3n) is 5.28. The lowest BCUT2D eigenvalue weighted by atomic mass is 10.1. The smallest absolute Gasteiger partial charge is 0.307 e. The number of benzene rings is 2. The Morgan fingerprint density at radius 1 is 1.06 bits per heavy atom. The first-order chi connectivity index (χ1) is 15.5. The minimum atomic E-state index is -0.898. The summed E-state index contributed by atoms with van der Waals surface area (Å²) >= 11 is 0. The van der Waals surface area contributed by atoms with Crippen molar-refractivity contribution in [1.82, 2.24) is 4.90 Å². The molecule has 170 valence electrons. The number of amides is 1. The third kappa shape index (κ3) is 5.68. The first kappa shape index (κ1) is 21.9. The standard InChI is InChI=1S/C23H26N2O7/c26-18-12-25(13-21(18)32-17-5-2-15(3-6-17)10-23(28)29)14-22(27)24-16-4-7-19-20(11-16)31-9-1-8-30-19/h2-7,11,18,21,26H,1,8-10,12-14H2,(H,24,27)(H,28,29)/t18-,21-/m1/s1. The zero-order chi connectivity index (χ0) is 22.5. The van der Waals surface area contributed by atoms with Gasteiger partial charge in [-0.15, -0.1) is 0 Å². The molecule has 4 rings (SSSR count). The van der Waals surface area contributed by atoms with E-state index in [4.69, 9.17) is 19.3 Å². The number of carboxylic acid groups (broad SMARTS) is 1. The van der Waals surface area contributed by atoms with Gasteiger partial charge >= 0.3 is 5.97 Å². The number of carbonyl (C=O) groups is 2. The van der Waals surface area contributed by atoms with Gasteiger partial charge in [0.2, 0.25) is 5.91 Å². The highest BCUT2D eigenvalue weighted by molar-refractivity contribution is 5.92. The molecule has 2 atom stereocenters. The molecule has 2 aliphatic heterocycles. The van der Waals surface area contributed by atoms with Crippen LogP contribution in [-0.4, -0.2) is 72.0 Å². The van der Waals surface area contributed by atoms with E-state index in [1.54, 1.807) is 42.5 Å². The fourth-order valence-corrected chi connectivity index (χ4v) is 3.76. The number of ether oxygens (including phenoxy) is 3. The van der Waals surface area contributed by atoms with Crippen molar-refractivity contribution in [2.75, 3.05) is 38.2 Å². The van der Waals surface area contributed by atoms with Crippen LogP contribution in [0.1, 0.15) is 12.0 Å². The molecule has 1 fully saturated rings. The van der Waals surface area contributed by atoms with E-state index in [0.29, 0.717) is 54.8 Å². The van der Waals surface area contributed by atoms with Gasteiger partial charge in [-0.25, -0.2) is 0 Å². The van der Waals surface area contributed by atoms with E-state index in [0.717, 1.165) is 6.42 Å². The van der Waals surface area contributed by atoms with Crippen LogP contribution in [0.3, 0.4) is 0 Å². The Bertz CT molecular complexity index is 963. The number of aliphatic hydroxyl groups is 1. The average molecular weight is 442 g/mol. The molecular formula is C23H26N2O7. The minimum Gasteiger partial charge on any atom is -0.490 e. The number of anilines is 1. The monoisotopic (exact) mass is 442 g/mol. The molecule has 0 bridgehead atoms. The second kappa shape index (κ2) is 9.88. The number of likely N-dealkylation sites (tertiary alicyclic amines) is 1. The van der Waals surface area contributed by atoms with Crippen LogP contribution < -0.4 is 19.5 Å². The maximum Gasteiger partial charge on any atom is 0.307 e. The van der Waals surface area contributed by atoms with Crippen molar-refractivity contribution >= 4 is 17.6 Å². The highest BCUT2D eigenvalue weighted by Gasteiger charge is 2.34. The zero-order valence-electron chi connectivity index (χ0n) is 17.5. The molecule has 9 heteroatoms. The summed E-state index contributed by atoms with van der Waals surface area (Å²) in [5.74, 6) is 0.719. The number of nitrogens with zero attached hydrogens (tertiary/aromatic N) is 1. The molecule has 2 aliphatic rings. The number of hydrogen-bond donors (Lipinski definition) is 3. The zero-order valence-corrected chi connectivity index (χ0v) is 17.5. The Morgan fingerprint density at radius 3 is 2.56 bits per heavy atom. The van der Waals surface area contributed by atoms with E-state index in [1.807, 2.05) is 4.90 Å². The van der Waals surface area contributed by atoms with Gasteiger partial charge in [-0.1, -0.05) is 12.1 Å². The third-order valence-corrected chi connectivity index (χ3v) is 5.28. The molecular weight excluding hydrogens is 416 g/mol. The molecule has 32 heavy (non-hydrogen) atoms. The predicted octanol–water partition coefficient (Wildman–Crippen LogP) is 1.54. The Hall–Kier alpha value is -3.30. The van der Waals surface area contributed by atoms with Gasteiger partial charge in [0.05, 0.1) is 26.2 Å². The van der Waals surface area contributed by atoms with Crippen molar-refractivity contribution in [3.8, 4) is 17.2 Å². The SMILES string of the molecule is O=C(O)Cc1ccc(O[C@@H]2CN(CC(=O)Nc3ccc4c(c3)OCCCO4)C[C@H]2O)cc1. The van der Waals surface area contributed by atoms with Crippen LogP contribution in [0.2, 0.25) is 0 Å². The van der Waals surface area contributed by atoms with Gasteiger partial charge in [-0.3, -0.25) is 14.5 Å². The predicted molar refractivity (Wildman–Crippen MR) is 115 cm³/mol. The van der Waals surface area contributed by atoms with Crippen LogP contribution in [0.15, 0.2) is 42.5 Å². The van der Waals surface area contributed by atoms with Crippen LogP contribution in [0.25, 0.3) is 0 Å². The lowest BCUT2D eigenvalue weighted by Crippen LogP contribution is -2.33. The van der Waals surface area contributed by atoms with Gasteiger partial charge in [-0.2, -0.15) is 0 Å². The molecule has 1 amide bonds. The van der Waals surface area contributed by atoms with Crippen molar-refractivity contribution in [3.63, 3.8) is 0 Å². The number of aliphatic hydroxyl groups excluding tert-OH is 1. The number of fused-ring (bicyclic) bond motifs is 1. The van der Waals surface area contributed by atoms with Gasteiger partial charge in [-0.05, 0) is 29.8 Å². The quantitative estimate of drug-likeness (QED) is 0.591. The van der Waals surface area contributed by atoms with Gasteiger partial charge in [0.1, 0.15) is 18.0 Å². The molecule has 0 aliphatic carbocycles. The summed E-state index contributed by atoms with van der Waals surface area (Å²) in [5, 5.41) is 22.0. The molecule has 0 unspecified atom stereocenters. The summed E-state index contributed by atoms with van der Waals surface area (Å²) in [6.07, 6.45) is -0.465. The normalized spacial score (nSPS) is 20.4. The van der Waals surface area contributed by atoms with E-state index in [2.05, 4.69) is 5.32 Å². The van der Waals surface area contributed by atoms with Gasteiger partial charge in [0.25, 0.3) is 0 Å². The molecule has 3 N–H and O–H groups in total. The lowest BCUT2D eigenvalue weighted by Gasteiger charge is -2.17. The molecule has 0 saturated carbocycles. The van der Waals surface area contributed by atoms with Crippen molar-refractivity contribution in [2.45, 2.75) is 25.0 Å². The first-order valence-corrected chi connectivity index (χ1v) is 10.5. The second-order valence-corrected chi connectivity index (χ2v) is 7.89. The summed E-state index contributed by atoms with van der Waals surface area (Å²) in [4.78, 5) is 25.1. The summed E-state index contributed by atoms with van der Waals surface area (Å²) in [5.41, 5.74) is 1.29. The van der Waals surface area contributed by atoms with Gasteiger partial charge in [0, 0.05) is 31.3 Å². The van der Waals surface area contributed by atoms with Crippen LogP contribution >= 0.6 is 0 Å². The fourth-order valence-electron chi connectivity index (χ4n) is 3.76. The molecule has 2 aromatic carbocycles. The molecule has 0 aromatic heterocycles. The number of aliphatic carboxylic acids is 1. The number of nitrogens with one attached hydrogen (secondary N) is 1. The molecule has 1 saturated heterocycles. The maximum atomic E-state index is 12.5. The number of hydrogen-bond acceptors (Lipinski definition) is 7. The van der Waals surface area contributed by atoms with E-state index < -0.39 is 18.2 Å². The topological polar surface area (TPSA) is 118 Å². The van der Waals surface area contributed by atoms with Crippen molar-refractivity contribution < 1.29 is 34.0 Å². The van der Waals surface area contributed by atoms with E-state index in [1.165, 1.54) is 0 Å². The number of carbonyl (C=O) groups excluding carboxylic acids is 1. The molecule has 2 heterocycles.